The molecule has 1 atom stereocenters. The van der Waals surface area contributed by atoms with E-state index in [2.05, 4.69) is 62.5 Å². The number of hydrogen-bond donors (Lipinski definition) is 1. The molecule has 3 heteroatoms. The Kier molecular flexibility index (Phi) is 6.23. The fraction of sp³-hybridized carbons (Fsp3) is 0.500. The van der Waals surface area contributed by atoms with Crippen LogP contribution in [0.15, 0.2) is 48.5 Å². The topological polar surface area (TPSA) is 30.5 Å². The second kappa shape index (κ2) is 8.45. The van der Waals surface area contributed by atoms with Gasteiger partial charge in [0.2, 0.25) is 0 Å². The molecule has 0 aromatic heterocycles. The van der Waals surface area contributed by atoms with Gasteiger partial charge in [-0.1, -0.05) is 48.0 Å². The fourth-order valence-electron chi connectivity index (χ4n) is 4.39. The molecule has 2 aromatic rings. The molecule has 1 aliphatic heterocycles. The van der Waals surface area contributed by atoms with Gasteiger partial charge in [-0.05, 0) is 58.2 Å². The van der Waals surface area contributed by atoms with Crippen molar-refractivity contribution < 1.29 is 9.47 Å². The molecule has 2 aromatic carbocycles. The first-order chi connectivity index (χ1) is 12.9. The van der Waals surface area contributed by atoms with E-state index in [1.54, 1.807) is 7.11 Å². The summed E-state index contributed by atoms with van der Waals surface area (Å²) in [7, 11) is 1.73. The zero-order chi connectivity index (χ0) is 19.3. The lowest BCUT2D eigenvalue weighted by Crippen LogP contribution is -2.45. The van der Waals surface area contributed by atoms with Gasteiger partial charge in [-0.3, -0.25) is 0 Å². The number of benzene rings is 2. The van der Waals surface area contributed by atoms with Crippen LogP contribution in [0.5, 0.6) is 5.75 Å². The highest BCUT2D eigenvalue weighted by Crippen LogP contribution is 2.43. The van der Waals surface area contributed by atoms with Crippen LogP contribution in [0.2, 0.25) is 0 Å². The summed E-state index contributed by atoms with van der Waals surface area (Å²) in [5.41, 5.74) is 4.06. The Morgan fingerprint density at radius 2 is 1.81 bits per heavy atom. The summed E-state index contributed by atoms with van der Waals surface area (Å²) in [5.74, 6) is 0.949. The van der Waals surface area contributed by atoms with Gasteiger partial charge in [-0.2, -0.15) is 0 Å². The highest BCUT2D eigenvalue weighted by atomic mass is 16.5. The van der Waals surface area contributed by atoms with Crippen molar-refractivity contribution >= 4 is 0 Å². The van der Waals surface area contributed by atoms with Crippen LogP contribution in [0.3, 0.4) is 0 Å². The predicted octanol–water partition coefficient (Wildman–Crippen LogP) is 5.01. The van der Waals surface area contributed by atoms with Gasteiger partial charge in [0.15, 0.2) is 0 Å². The minimum absolute atomic E-state index is 0.0776. The molecule has 1 fully saturated rings. The average Bonchev–Trinajstić information content (AvgIpc) is 2.65. The first kappa shape index (κ1) is 19.9. The molecular formula is C24H33NO2. The van der Waals surface area contributed by atoms with Crippen LogP contribution >= 0.6 is 0 Å². The van der Waals surface area contributed by atoms with E-state index in [-0.39, 0.29) is 11.0 Å². The molecule has 146 valence electrons. The third-order valence-electron chi connectivity index (χ3n) is 5.79. The lowest BCUT2D eigenvalue weighted by atomic mass is 9.67. The first-order valence-corrected chi connectivity index (χ1v) is 9.98. The van der Waals surface area contributed by atoms with Crippen molar-refractivity contribution in [3.63, 3.8) is 0 Å². The fourth-order valence-corrected chi connectivity index (χ4v) is 4.39. The zero-order valence-corrected chi connectivity index (χ0v) is 17.2. The van der Waals surface area contributed by atoms with Crippen molar-refractivity contribution in [3.05, 3.63) is 65.2 Å². The van der Waals surface area contributed by atoms with Crippen LogP contribution in [-0.2, 0) is 16.7 Å². The van der Waals surface area contributed by atoms with E-state index < -0.39 is 0 Å². The van der Waals surface area contributed by atoms with Crippen molar-refractivity contribution in [2.24, 2.45) is 0 Å². The maximum absolute atomic E-state index is 6.03. The Morgan fingerprint density at radius 3 is 2.52 bits per heavy atom. The number of methoxy groups -OCH3 is 1. The lowest BCUT2D eigenvalue weighted by Gasteiger charge is -2.45. The minimum Gasteiger partial charge on any atom is -0.496 e. The first-order valence-electron chi connectivity index (χ1n) is 9.98. The van der Waals surface area contributed by atoms with Gasteiger partial charge in [0, 0.05) is 24.1 Å². The van der Waals surface area contributed by atoms with Crippen LogP contribution in [0.4, 0.5) is 0 Å². The summed E-state index contributed by atoms with van der Waals surface area (Å²) in [6.07, 6.45) is 3.24. The van der Waals surface area contributed by atoms with Gasteiger partial charge in [0.25, 0.3) is 0 Å². The number of hydrogen-bond acceptors (Lipinski definition) is 3. The third kappa shape index (κ3) is 4.91. The zero-order valence-electron chi connectivity index (χ0n) is 17.2. The summed E-state index contributed by atoms with van der Waals surface area (Å²) in [4.78, 5) is 0. The Hall–Kier alpha value is -1.84. The van der Waals surface area contributed by atoms with Crippen LogP contribution in [0.25, 0.3) is 0 Å². The van der Waals surface area contributed by atoms with Gasteiger partial charge < -0.3 is 14.8 Å². The summed E-state index contributed by atoms with van der Waals surface area (Å²) < 4.78 is 11.5. The highest BCUT2D eigenvalue weighted by molar-refractivity contribution is 5.33. The molecule has 0 bridgehead atoms. The van der Waals surface area contributed by atoms with Gasteiger partial charge >= 0.3 is 0 Å². The molecule has 0 amide bonds. The van der Waals surface area contributed by atoms with E-state index in [0.29, 0.717) is 0 Å². The molecule has 1 N–H and O–H groups in total. The van der Waals surface area contributed by atoms with E-state index in [9.17, 15) is 0 Å². The Morgan fingerprint density at radius 1 is 1.07 bits per heavy atom. The molecule has 0 aliphatic carbocycles. The number of rotatable bonds is 7. The van der Waals surface area contributed by atoms with Crippen LogP contribution in [0, 0.1) is 6.92 Å². The molecule has 0 radical (unpaired) electrons. The van der Waals surface area contributed by atoms with E-state index in [0.717, 1.165) is 44.7 Å². The molecule has 27 heavy (non-hydrogen) atoms. The van der Waals surface area contributed by atoms with Gasteiger partial charge in [0.05, 0.1) is 12.7 Å². The largest absolute Gasteiger partial charge is 0.496 e. The Labute approximate surface area is 164 Å². The van der Waals surface area contributed by atoms with Crippen LogP contribution in [0.1, 0.15) is 49.8 Å². The number of ether oxygens (including phenoxy) is 2. The minimum atomic E-state index is -0.0776. The summed E-state index contributed by atoms with van der Waals surface area (Å²) in [6.45, 7) is 9.22. The molecule has 1 heterocycles. The monoisotopic (exact) mass is 367 g/mol. The molecule has 3 rings (SSSR count). The van der Waals surface area contributed by atoms with Crippen molar-refractivity contribution in [1.29, 1.82) is 0 Å². The van der Waals surface area contributed by atoms with Crippen molar-refractivity contribution in [3.8, 4) is 5.75 Å². The Balaban J connectivity index is 1.70. The molecule has 1 saturated heterocycles. The SMILES string of the molecule is COc1ccccc1CNCCC1(c2ccc(C)cc2)CCOC(C)(C)C1. The lowest BCUT2D eigenvalue weighted by molar-refractivity contribution is -0.0840. The maximum Gasteiger partial charge on any atom is 0.123 e. The molecule has 1 aliphatic rings. The quantitative estimate of drug-likeness (QED) is 0.698. The van der Waals surface area contributed by atoms with E-state index in [1.807, 2.05) is 12.1 Å². The van der Waals surface area contributed by atoms with Crippen molar-refractivity contribution in [2.75, 3.05) is 20.3 Å². The summed E-state index contributed by atoms with van der Waals surface area (Å²) >= 11 is 0. The van der Waals surface area contributed by atoms with E-state index in [1.165, 1.54) is 16.7 Å². The van der Waals surface area contributed by atoms with Gasteiger partial charge in [0.1, 0.15) is 5.75 Å². The Bertz CT molecular complexity index is 738. The van der Waals surface area contributed by atoms with Gasteiger partial charge in [-0.15, -0.1) is 0 Å². The molecule has 0 spiro atoms. The van der Waals surface area contributed by atoms with Crippen molar-refractivity contribution in [2.45, 2.75) is 57.6 Å². The second-order valence-electron chi connectivity index (χ2n) is 8.42. The second-order valence-corrected chi connectivity index (χ2v) is 8.42. The van der Waals surface area contributed by atoms with Crippen LogP contribution in [-0.4, -0.2) is 25.9 Å². The maximum atomic E-state index is 6.03. The average molecular weight is 368 g/mol. The summed E-state index contributed by atoms with van der Waals surface area (Å²) in [6, 6.07) is 17.3. The molecule has 1 unspecified atom stereocenters. The van der Waals surface area contributed by atoms with E-state index >= 15 is 0 Å². The number of para-hydroxylation sites is 1. The molecule has 0 saturated carbocycles. The number of nitrogens with one attached hydrogen (secondary N) is 1. The molecule has 3 nitrogen and oxygen atoms in total. The summed E-state index contributed by atoms with van der Waals surface area (Å²) in [5, 5.41) is 3.64. The highest BCUT2D eigenvalue weighted by Gasteiger charge is 2.41. The van der Waals surface area contributed by atoms with Crippen LogP contribution < -0.4 is 10.1 Å². The normalized spacial score (nSPS) is 21.8. The van der Waals surface area contributed by atoms with Crippen molar-refractivity contribution in [1.82, 2.24) is 5.32 Å². The smallest absolute Gasteiger partial charge is 0.123 e. The van der Waals surface area contributed by atoms with E-state index in [4.69, 9.17) is 9.47 Å². The molecular weight excluding hydrogens is 334 g/mol. The third-order valence-corrected chi connectivity index (χ3v) is 5.79. The van der Waals surface area contributed by atoms with Gasteiger partial charge in [-0.25, -0.2) is 0 Å². The number of aryl methyl sites for hydroxylation is 1. The standard InChI is InChI=1S/C24H33NO2/c1-19-9-11-21(12-10-19)24(14-16-27-23(2,3)18-24)13-15-25-17-20-7-5-6-8-22(20)26-4/h5-12,25H,13-18H2,1-4H3. The predicted molar refractivity (Wildman–Crippen MR) is 111 cm³/mol.